The van der Waals surface area contributed by atoms with Crippen molar-refractivity contribution in [2.24, 2.45) is 10.8 Å². The summed E-state index contributed by atoms with van der Waals surface area (Å²) in [4.78, 5) is 0. The van der Waals surface area contributed by atoms with Gasteiger partial charge in [-0.3, -0.25) is 0 Å². The Morgan fingerprint density at radius 1 is 0.667 bits per heavy atom. The Balaban J connectivity index is 1.43. The lowest BCUT2D eigenvalue weighted by Gasteiger charge is -2.40. The zero-order valence-electron chi connectivity index (χ0n) is 19.0. The van der Waals surface area contributed by atoms with Gasteiger partial charge >= 0.3 is 0 Å². The smallest absolute Gasteiger partial charge is 0.189 e. The Kier molecular flexibility index (Phi) is 4.50. The Morgan fingerprint density at radius 3 is 1.23 bits per heavy atom. The van der Waals surface area contributed by atoms with Crippen molar-refractivity contribution in [1.29, 1.82) is 0 Å². The van der Waals surface area contributed by atoms with E-state index in [0.717, 1.165) is 12.8 Å². The van der Waals surface area contributed by atoms with Crippen molar-refractivity contribution >= 4 is 0 Å². The van der Waals surface area contributed by atoms with E-state index in [1.54, 1.807) is 0 Å². The van der Waals surface area contributed by atoms with Gasteiger partial charge in [0.25, 0.3) is 0 Å². The number of allylic oxidation sites excluding steroid dienone is 2. The van der Waals surface area contributed by atoms with E-state index in [0.29, 0.717) is 12.8 Å². The van der Waals surface area contributed by atoms with Crippen LogP contribution in [0.4, 0.5) is 0 Å². The number of ether oxygens (including phenoxy) is 4. The Labute approximate surface area is 179 Å². The molecule has 5 aliphatic rings. The van der Waals surface area contributed by atoms with E-state index in [2.05, 4.69) is 41.5 Å². The molecular weight excluding hydrogens is 384 g/mol. The highest BCUT2D eigenvalue weighted by Gasteiger charge is 2.66. The zero-order valence-corrected chi connectivity index (χ0v) is 19.0. The summed E-state index contributed by atoms with van der Waals surface area (Å²) in [6.07, 6.45) is 2.88. The van der Waals surface area contributed by atoms with Crippen LogP contribution in [0.15, 0.2) is 23.3 Å². The molecule has 0 aromatic rings. The van der Waals surface area contributed by atoms with Crippen LogP contribution in [0.25, 0.3) is 0 Å². The third-order valence-corrected chi connectivity index (χ3v) is 7.23. The second-order valence-corrected chi connectivity index (χ2v) is 12.0. The molecule has 3 fully saturated rings. The zero-order chi connectivity index (χ0) is 21.7. The maximum atomic E-state index is 11.2. The molecule has 30 heavy (non-hydrogen) atoms. The first-order valence-corrected chi connectivity index (χ1v) is 11.3. The molecule has 0 radical (unpaired) electrons. The molecule has 2 unspecified atom stereocenters. The van der Waals surface area contributed by atoms with E-state index >= 15 is 0 Å². The van der Waals surface area contributed by atoms with Gasteiger partial charge in [-0.05, 0) is 49.7 Å². The summed E-state index contributed by atoms with van der Waals surface area (Å²) < 4.78 is 25.5. The highest BCUT2D eigenvalue weighted by atomic mass is 16.8. The molecule has 0 aromatic heterocycles. The molecule has 6 nitrogen and oxygen atoms in total. The predicted octanol–water partition coefficient (Wildman–Crippen LogP) is 3.22. The van der Waals surface area contributed by atoms with E-state index in [4.69, 9.17) is 18.9 Å². The van der Waals surface area contributed by atoms with E-state index in [9.17, 15) is 10.2 Å². The van der Waals surface area contributed by atoms with Gasteiger partial charge in [0.2, 0.25) is 0 Å². The second kappa shape index (κ2) is 6.40. The van der Waals surface area contributed by atoms with Crippen molar-refractivity contribution in [3.8, 4) is 0 Å². The average Bonchev–Trinajstić information content (AvgIpc) is 3.08. The molecule has 8 atom stereocenters. The molecule has 0 aromatic carbocycles. The summed E-state index contributed by atoms with van der Waals surface area (Å²) in [5, 5.41) is 22.4. The van der Waals surface area contributed by atoms with Crippen molar-refractivity contribution < 1.29 is 29.2 Å². The van der Waals surface area contributed by atoms with Crippen LogP contribution in [0, 0.1) is 10.8 Å². The summed E-state index contributed by atoms with van der Waals surface area (Å²) in [5.74, 6) is -1.83. The lowest BCUT2D eigenvalue weighted by atomic mass is 9.75. The first-order chi connectivity index (χ1) is 13.8. The summed E-state index contributed by atoms with van der Waals surface area (Å²) in [7, 11) is 0. The van der Waals surface area contributed by atoms with Crippen LogP contribution in [0.1, 0.15) is 67.2 Å². The van der Waals surface area contributed by atoms with Gasteiger partial charge in [-0.2, -0.15) is 0 Å². The molecule has 1 saturated carbocycles. The molecule has 5 rings (SSSR count). The molecule has 6 heteroatoms. The minimum Gasteiger partial charge on any atom is -0.387 e. The summed E-state index contributed by atoms with van der Waals surface area (Å²) in [6.45, 7) is 12.9. The van der Waals surface area contributed by atoms with Gasteiger partial charge in [0.15, 0.2) is 11.6 Å². The van der Waals surface area contributed by atoms with Crippen LogP contribution in [0.5, 0.6) is 0 Å². The largest absolute Gasteiger partial charge is 0.387 e. The van der Waals surface area contributed by atoms with Crippen molar-refractivity contribution in [3.05, 3.63) is 23.3 Å². The van der Waals surface area contributed by atoms with Crippen LogP contribution >= 0.6 is 0 Å². The molecule has 2 heterocycles. The van der Waals surface area contributed by atoms with Crippen LogP contribution in [0.3, 0.4) is 0 Å². The summed E-state index contributed by atoms with van der Waals surface area (Å²) >= 11 is 0. The highest BCUT2D eigenvalue weighted by Crippen LogP contribution is 2.53. The van der Waals surface area contributed by atoms with Crippen LogP contribution < -0.4 is 0 Å². The lowest BCUT2D eigenvalue weighted by molar-refractivity contribution is -0.195. The molecule has 0 bridgehead atoms. The maximum absolute atomic E-state index is 11.2. The number of rotatable bonds is 0. The number of fused-ring (bicyclic) bond motifs is 2. The van der Waals surface area contributed by atoms with Crippen molar-refractivity contribution in [3.63, 3.8) is 0 Å². The SMILES string of the molecule is CC1=CC2(CC(C)(C)C1)O[C@@H]1[C@@H](O)[C@@H]3OC4(C=C(C)CC(C)(C)C4)O[C@H]3[C@H](O)[C@@H]1O2. The molecule has 0 amide bonds. The molecule has 2 saturated heterocycles. The highest BCUT2D eigenvalue weighted by molar-refractivity contribution is 5.21. The molecule has 168 valence electrons. The molecular formula is C24H36O6. The first kappa shape index (κ1) is 21.1. The van der Waals surface area contributed by atoms with Crippen molar-refractivity contribution in [2.45, 2.75) is 115 Å². The minimum absolute atomic E-state index is 0.0190. The third kappa shape index (κ3) is 3.31. The number of aliphatic hydroxyl groups is 2. The van der Waals surface area contributed by atoms with E-state index in [1.807, 2.05) is 12.2 Å². The van der Waals surface area contributed by atoms with Gasteiger partial charge in [-0.15, -0.1) is 0 Å². The van der Waals surface area contributed by atoms with Crippen molar-refractivity contribution in [2.75, 3.05) is 0 Å². The molecule has 2 aliphatic heterocycles. The van der Waals surface area contributed by atoms with Crippen LogP contribution in [0.2, 0.25) is 0 Å². The quantitative estimate of drug-likeness (QED) is 0.586. The van der Waals surface area contributed by atoms with Gasteiger partial charge in [0.05, 0.1) is 0 Å². The second-order valence-electron chi connectivity index (χ2n) is 12.0. The maximum Gasteiger partial charge on any atom is 0.189 e. The van der Waals surface area contributed by atoms with Crippen LogP contribution in [-0.4, -0.2) is 58.4 Å². The topological polar surface area (TPSA) is 77.4 Å². The van der Waals surface area contributed by atoms with Gasteiger partial charge in [-0.1, -0.05) is 38.8 Å². The number of hydrogen-bond acceptors (Lipinski definition) is 6. The number of hydrogen-bond donors (Lipinski definition) is 2. The predicted molar refractivity (Wildman–Crippen MR) is 111 cm³/mol. The Bertz CT molecular complexity index is 706. The van der Waals surface area contributed by atoms with Gasteiger partial charge in [0.1, 0.15) is 36.6 Å². The fourth-order valence-electron chi connectivity index (χ4n) is 6.90. The average molecular weight is 421 g/mol. The van der Waals surface area contributed by atoms with Gasteiger partial charge in [-0.25, -0.2) is 0 Å². The molecule has 2 N–H and O–H groups in total. The Morgan fingerprint density at radius 2 is 0.967 bits per heavy atom. The minimum atomic E-state index is -0.931. The monoisotopic (exact) mass is 420 g/mol. The van der Waals surface area contributed by atoms with E-state index < -0.39 is 48.2 Å². The first-order valence-electron chi connectivity index (χ1n) is 11.3. The fraction of sp³-hybridized carbons (Fsp3) is 0.833. The van der Waals surface area contributed by atoms with Crippen LogP contribution in [-0.2, 0) is 18.9 Å². The molecule has 2 spiro atoms. The summed E-state index contributed by atoms with van der Waals surface area (Å²) in [6, 6.07) is 0. The van der Waals surface area contributed by atoms with E-state index in [1.165, 1.54) is 11.1 Å². The normalized spacial score (nSPS) is 51.5. The van der Waals surface area contributed by atoms with Crippen molar-refractivity contribution in [1.82, 2.24) is 0 Å². The third-order valence-electron chi connectivity index (χ3n) is 7.23. The molecule has 3 aliphatic carbocycles. The Hall–Kier alpha value is -0.760. The lowest BCUT2D eigenvalue weighted by Crippen LogP contribution is -2.61. The fourth-order valence-corrected chi connectivity index (χ4v) is 6.90. The number of aliphatic hydroxyl groups excluding tert-OH is 2. The van der Waals surface area contributed by atoms with Gasteiger partial charge < -0.3 is 29.2 Å². The van der Waals surface area contributed by atoms with E-state index in [-0.39, 0.29) is 10.8 Å². The van der Waals surface area contributed by atoms with Gasteiger partial charge in [0, 0.05) is 12.8 Å². The summed E-state index contributed by atoms with van der Waals surface area (Å²) in [5.41, 5.74) is 2.44. The standard InChI is InChI=1S/C24H36O6/c1-13-7-21(3,4)11-23(9-13)27-17-15(25)19-20(16(26)18(17)28-23)30-24(29-19)10-14(2)8-22(5,6)12-24/h9-10,15-20,25-26H,7-8,11-12H2,1-6H3/t15-,16-,17-,18-,19-,20+,23?,24?/m0/s1.